The van der Waals surface area contributed by atoms with Crippen LogP contribution in [-0.4, -0.2) is 59.5 Å². The molecule has 0 radical (unpaired) electrons. The molecule has 0 saturated carbocycles. The largest absolute Gasteiger partial charge is 0.544 e. The molecule has 31 heavy (non-hydrogen) atoms. The Balaban J connectivity index is 7.48. The lowest BCUT2D eigenvalue weighted by Gasteiger charge is -2.47. The van der Waals surface area contributed by atoms with Gasteiger partial charge in [0.25, 0.3) is 0 Å². The smallest absolute Gasteiger partial charge is 0.438 e. The average molecular weight is 513 g/mol. The summed E-state index contributed by atoms with van der Waals surface area (Å²) in [7, 11) is 0. The van der Waals surface area contributed by atoms with Crippen molar-refractivity contribution in [3.63, 3.8) is 0 Å². The molecular weight excluding hydrogens is 513 g/mol. The summed E-state index contributed by atoms with van der Waals surface area (Å²) in [4.78, 5) is 9.85. The molecule has 1 unspecified atom stereocenters. The zero-order valence-electron chi connectivity index (χ0n) is 13.0. The zero-order chi connectivity index (χ0) is 26.1. The van der Waals surface area contributed by atoms with Crippen LogP contribution in [0.1, 0.15) is 0 Å². The summed E-state index contributed by atoms with van der Waals surface area (Å²) in [5, 5.41) is 9.85. The molecule has 0 fully saturated rings. The van der Waals surface area contributed by atoms with E-state index in [0.717, 1.165) is 0 Å². The van der Waals surface area contributed by atoms with Crippen molar-refractivity contribution in [3.8, 4) is 0 Å². The van der Waals surface area contributed by atoms with E-state index < -0.39 is 59.5 Å². The Labute approximate surface area is 154 Å². The van der Waals surface area contributed by atoms with Gasteiger partial charge in [-0.25, -0.2) is 8.78 Å². The molecule has 1 atom stereocenters. The summed E-state index contributed by atoms with van der Waals surface area (Å²) in [6.07, 6.45) is -25.2. The van der Waals surface area contributed by atoms with Gasteiger partial charge in [-0.15, -0.1) is 0 Å². The second kappa shape index (κ2) is 6.82. The van der Waals surface area contributed by atoms with Crippen LogP contribution in [0.25, 0.3) is 0 Å². The summed E-state index contributed by atoms with van der Waals surface area (Å²) in [5.41, 5.74) is -17.7. The van der Waals surface area contributed by atoms with E-state index in [1.807, 2.05) is 0 Å². The van der Waals surface area contributed by atoms with Gasteiger partial charge in [0.05, 0.1) is 0 Å². The topological polar surface area (TPSA) is 40.1 Å². The Hall–Kier alpha value is -1.86. The highest BCUT2D eigenvalue weighted by molar-refractivity contribution is 5.75. The second-order valence-corrected chi connectivity index (χ2v) is 5.40. The van der Waals surface area contributed by atoms with Gasteiger partial charge in [0.2, 0.25) is 0 Å². The standard InChI is InChI=1S/C10HF19O2/c11-2(12,1(30)31)3(13,8(21,22)23)5(15,16)7(19,20)6(17,18)4(14,9(24,25)26)10(27,28)29/h(H,30,31)/p-1. The lowest BCUT2D eigenvalue weighted by Crippen LogP contribution is -2.81. The van der Waals surface area contributed by atoms with E-state index in [2.05, 4.69) is 0 Å². The van der Waals surface area contributed by atoms with Crippen LogP contribution in [0.3, 0.4) is 0 Å². The molecule has 0 aromatic heterocycles. The molecule has 0 aliphatic heterocycles. The van der Waals surface area contributed by atoms with Crippen molar-refractivity contribution in [2.24, 2.45) is 0 Å². The molecule has 0 aromatic rings. The molecular formula is C10F19O2-. The molecule has 0 saturated heterocycles. The van der Waals surface area contributed by atoms with Crippen molar-refractivity contribution >= 4 is 5.97 Å². The van der Waals surface area contributed by atoms with Gasteiger partial charge in [-0.3, -0.25) is 0 Å². The van der Waals surface area contributed by atoms with E-state index in [4.69, 9.17) is 0 Å². The van der Waals surface area contributed by atoms with E-state index in [1.54, 1.807) is 0 Å². The van der Waals surface area contributed by atoms with Crippen molar-refractivity contribution in [1.29, 1.82) is 0 Å². The normalized spacial score (nSPS) is 18.0. The summed E-state index contributed by atoms with van der Waals surface area (Å²) in [6, 6.07) is 0. The lowest BCUT2D eigenvalue weighted by atomic mass is 9.79. The van der Waals surface area contributed by atoms with Crippen molar-refractivity contribution in [2.75, 3.05) is 0 Å². The quantitative estimate of drug-likeness (QED) is 0.495. The van der Waals surface area contributed by atoms with Gasteiger partial charge >= 0.3 is 53.6 Å². The predicted molar refractivity (Wildman–Crippen MR) is 50.6 cm³/mol. The summed E-state index contributed by atoms with van der Waals surface area (Å²) in [6.45, 7) is 0. The molecule has 0 heterocycles. The molecule has 0 N–H and O–H groups in total. The first kappa shape index (κ1) is 29.1. The first-order valence-electron chi connectivity index (χ1n) is 6.25. The Morgan fingerprint density at radius 3 is 0.839 bits per heavy atom. The molecule has 0 aliphatic rings. The van der Waals surface area contributed by atoms with E-state index >= 15 is 0 Å². The van der Waals surface area contributed by atoms with Crippen LogP contribution < -0.4 is 5.11 Å². The van der Waals surface area contributed by atoms with E-state index in [9.17, 15) is 93.3 Å². The molecule has 0 rings (SSSR count). The summed E-state index contributed by atoms with van der Waals surface area (Å²) in [5.74, 6) is -40.7. The lowest BCUT2D eigenvalue weighted by molar-refractivity contribution is -0.473. The maximum atomic E-state index is 13.6. The Kier molecular flexibility index (Phi) is 6.41. The number of carbonyl (C=O) groups excluding carboxylic acids is 1. The number of hydrogen-bond donors (Lipinski definition) is 0. The molecule has 0 spiro atoms. The molecule has 0 aliphatic carbocycles. The van der Waals surface area contributed by atoms with Gasteiger partial charge in [0.15, 0.2) is 0 Å². The summed E-state index contributed by atoms with van der Waals surface area (Å²) < 4.78 is 243. The highest BCUT2D eigenvalue weighted by Crippen LogP contribution is 2.66. The molecule has 0 aromatic carbocycles. The van der Waals surface area contributed by atoms with E-state index in [0.29, 0.717) is 0 Å². The fraction of sp³-hybridized carbons (Fsp3) is 0.900. The highest BCUT2D eigenvalue weighted by Gasteiger charge is 2.99. The Morgan fingerprint density at radius 2 is 0.645 bits per heavy atom. The van der Waals surface area contributed by atoms with Gasteiger partial charge in [0, 0.05) is 0 Å². The van der Waals surface area contributed by atoms with Crippen molar-refractivity contribution in [2.45, 2.75) is 53.6 Å². The number of alkyl halides is 19. The SMILES string of the molecule is O=C([O-])C(F)(F)C(F)(C(F)(F)F)C(F)(F)C(F)(F)C(F)(F)C(F)(C(F)(F)F)C(F)(F)F. The second-order valence-electron chi connectivity index (χ2n) is 5.40. The van der Waals surface area contributed by atoms with Gasteiger partial charge in [0.1, 0.15) is 5.97 Å². The Bertz CT molecular complexity index is 682. The van der Waals surface area contributed by atoms with Crippen LogP contribution in [0.5, 0.6) is 0 Å². The number of halogens is 19. The third-order valence-corrected chi connectivity index (χ3v) is 3.51. The predicted octanol–water partition coefficient (Wildman–Crippen LogP) is 4.38. The minimum atomic E-state index is -9.27. The van der Waals surface area contributed by atoms with Gasteiger partial charge in [-0.2, -0.15) is 74.6 Å². The number of rotatable bonds is 6. The van der Waals surface area contributed by atoms with Crippen LogP contribution in [0, 0.1) is 0 Å². The van der Waals surface area contributed by atoms with Crippen molar-refractivity contribution in [1.82, 2.24) is 0 Å². The van der Waals surface area contributed by atoms with Gasteiger partial charge < -0.3 is 9.90 Å². The zero-order valence-corrected chi connectivity index (χ0v) is 13.0. The third-order valence-electron chi connectivity index (χ3n) is 3.51. The number of aliphatic carboxylic acids is 1. The molecule has 21 heteroatoms. The van der Waals surface area contributed by atoms with Crippen molar-refractivity contribution < 1.29 is 93.3 Å². The first-order chi connectivity index (χ1) is 12.9. The van der Waals surface area contributed by atoms with E-state index in [1.165, 1.54) is 0 Å². The Morgan fingerprint density at radius 1 is 0.419 bits per heavy atom. The number of carbonyl (C=O) groups is 1. The minimum Gasteiger partial charge on any atom is -0.544 e. The molecule has 0 amide bonds. The number of carboxylic acids is 1. The third kappa shape index (κ3) is 3.32. The first-order valence-corrected chi connectivity index (χ1v) is 6.25. The fourth-order valence-electron chi connectivity index (χ4n) is 1.84. The van der Waals surface area contributed by atoms with Crippen molar-refractivity contribution in [3.05, 3.63) is 0 Å². The fourth-order valence-corrected chi connectivity index (χ4v) is 1.84. The van der Waals surface area contributed by atoms with E-state index in [-0.39, 0.29) is 0 Å². The van der Waals surface area contributed by atoms with Crippen LogP contribution in [0.4, 0.5) is 83.4 Å². The van der Waals surface area contributed by atoms with Crippen LogP contribution >= 0.6 is 0 Å². The number of carboxylic acid groups (broad SMARTS) is 1. The van der Waals surface area contributed by atoms with Crippen LogP contribution in [-0.2, 0) is 4.79 Å². The highest BCUT2D eigenvalue weighted by atomic mass is 19.4. The maximum absolute atomic E-state index is 13.6. The van der Waals surface area contributed by atoms with Crippen LogP contribution in [0.15, 0.2) is 0 Å². The van der Waals surface area contributed by atoms with Gasteiger partial charge in [-0.05, 0) is 0 Å². The number of hydrogen-bond acceptors (Lipinski definition) is 2. The molecule has 2 nitrogen and oxygen atoms in total. The molecule has 0 bridgehead atoms. The molecule has 186 valence electrons. The summed E-state index contributed by atoms with van der Waals surface area (Å²) >= 11 is 0. The average Bonchev–Trinajstić information content (AvgIpc) is 2.48. The van der Waals surface area contributed by atoms with Crippen LogP contribution in [0.2, 0.25) is 0 Å². The minimum absolute atomic E-state index is 5.00. The monoisotopic (exact) mass is 513 g/mol. The maximum Gasteiger partial charge on any atom is 0.438 e. The van der Waals surface area contributed by atoms with Gasteiger partial charge in [-0.1, -0.05) is 0 Å².